The summed E-state index contributed by atoms with van der Waals surface area (Å²) in [6.07, 6.45) is 3.20. The lowest BCUT2D eigenvalue weighted by atomic mass is 10.1. The molecule has 196 valence electrons. The highest BCUT2D eigenvalue weighted by molar-refractivity contribution is 7.99. The van der Waals surface area contributed by atoms with Crippen molar-refractivity contribution in [3.05, 3.63) is 113 Å². The predicted octanol–water partition coefficient (Wildman–Crippen LogP) is 5.84. The SMILES string of the molecule is COc1ccccc1/C=N\n1cnnc1SC1c2cccc3cccc(c23)C1NS(=O)(=O)c1ccc(Cl)cc1. The van der Waals surface area contributed by atoms with E-state index in [4.69, 9.17) is 16.3 Å². The number of rotatable bonds is 8. The van der Waals surface area contributed by atoms with Gasteiger partial charge >= 0.3 is 0 Å². The van der Waals surface area contributed by atoms with E-state index in [-0.39, 0.29) is 10.1 Å². The molecule has 39 heavy (non-hydrogen) atoms. The number of aromatic nitrogens is 3. The number of hydrogen-bond acceptors (Lipinski definition) is 7. The van der Waals surface area contributed by atoms with E-state index < -0.39 is 16.1 Å². The van der Waals surface area contributed by atoms with Crippen molar-refractivity contribution in [3.8, 4) is 5.75 Å². The van der Waals surface area contributed by atoms with Gasteiger partial charge < -0.3 is 4.74 Å². The van der Waals surface area contributed by atoms with Crippen LogP contribution in [0.15, 0.2) is 106 Å². The molecule has 5 aromatic rings. The van der Waals surface area contributed by atoms with Crippen LogP contribution >= 0.6 is 23.4 Å². The van der Waals surface area contributed by atoms with Gasteiger partial charge in [-0.1, -0.05) is 71.9 Å². The van der Waals surface area contributed by atoms with E-state index in [1.807, 2.05) is 60.7 Å². The molecule has 4 aromatic carbocycles. The molecule has 8 nitrogen and oxygen atoms in total. The van der Waals surface area contributed by atoms with E-state index >= 15 is 0 Å². The molecule has 11 heteroatoms. The van der Waals surface area contributed by atoms with Gasteiger partial charge in [0.1, 0.15) is 12.1 Å². The van der Waals surface area contributed by atoms with Gasteiger partial charge in [0.2, 0.25) is 15.2 Å². The monoisotopic (exact) mass is 575 g/mol. The highest BCUT2D eigenvalue weighted by Crippen LogP contribution is 2.53. The normalized spacial score (nSPS) is 16.8. The fourth-order valence-corrected chi connectivity index (χ4v) is 7.37. The molecule has 2 atom stereocenters. The maximum atomic E-state index is 13.5. The lowest BCUT2D eigenvalue weighted by molar-refractivity contribution is 0.414. The molecule has 0 bridgehead atoms. The maximum Gasteiger partial charge on any atom is 0.241 e. The summed E-state index contributed by atoms with van der Waals surface area (Å²) in [5, 5.41) is 15.7. The van der Waals surface area contributed by atoms with Crippen molar-refractivity contribution in [1.29, 1.82) is 0 Å². The Labute approximate surface area is 234 Å². The second-order valence-electron chi connectivity index (χ2n) is 8.83. The van der Waals surface area contributed by atoms with E-state index in [0.717, 1.165) is 27.5 Å². The third kappa shape index (κ3) is 4.92. The number of nitrogens with zero attached hydrogens (tertiary/aromatic N) is 4. The van der Waals surface area contributed by atoms with E-state index in [9.17, 15) is 8.42 Å². The van der Waals surface area contributed by atoms with Crippen molar-refractivity contribution >= 4 is 50.4 Å². The molecule has 0 aliphatic heterocycles. The molecule has 0 fully saturated rings. The summed E-state index contributed by atoms with van der Waals surface area (Å²) in [4.78, 5) is 0.142. The number of sulfonamides is 1. The topological polar surface area (TPSA) is 98.5 Å². The first-order chi connectivity index (χ1) is 18.9. The Bertz CT molecular complexity index is 1800. The van der Waals surface area contributed by atoms with Gasteiger partial charge in [-0.05, 0) is 58.3 Å². The number of para-hydroxylation sites is 1. The Morgan fingerprint density at radius 2 is 1.74 bits per heavy atom. The number of benzene rings is 4. The molecule has 1 aromatic heterocycles. The quantitative estimate of drug-likeness (QED) is 0.233. The summed E-state index contributed by atoms with van der Waals surface area (Å²) in [5.74, 6) is 0.693. The van der Waals surface area contributed by atoms with Crippen LogP contribution in [0, 0.1) is 0 Å². The van der Waals surface area contributed by atoms with Crippen LogP contribution in [-0.4, -0.2) is 36.6 Å². The minimum absolute atomic E-state index is 0.142. The summed E-state index contributed by atoms with van der Waals surface area (Å²) in [6.45, 7) is 0. The molecule has 0 saturated carbocycles. The van der Waals surface area contributed by atoms with Crippen molar-refractivity contribution in [3.63, 3.8) is 0 Å². The molecule has 1 aliphatic carbocycles. The lowest BCUT2D eigenvalue weighted by Gasteiger charge is -2.22. The summed E-state index contributed by atoms with van der Waals surface area (Å²) in [6, 6.07) is 25.1. The van der Waals surface area contributed by atoms with Gasteiger partial charge in [-0.15, -0.1) is 10.2 Å². The molecule has 2 unspecified atom stereocenters. The molecule has 1 heterocycles. The van der Waals surface area contributed by atoms with Crippen LogP contribution in [0.3, 0.4) is 0 Å². The maximum absolute atomic E-state index is 13.5. The molecular formula is C28H22ClN5O3S2. The van der Waals surface area contributed by atoms with Gasteiger partial charge in [0.05, 0.1) is 29.5 Å². The molecule has 6 rings (SSSR count). The molecule has 0 radical (unpaired) electrons. The van der Waals surface area contributed by atoms with Crippen molar-refractivity contribution in [2.24, 2.45) is 5.10 Å². The van der Waals surface area contributed by atoms with Crippen molar-refractivity contribution in [1.82, 2.24) is 19.6 Å². The van der Waals surface area contributed by atoms with Gasteiger partial charge in [-0.2, -0.15) is 9.78 Å². The van der Waals surface area contributed by atoms with E-state index in [0.29, 0.717) is 15.9 Å². The zero-order valence-electron chi connectivity index (χ0n) is 20.6. The zero-order valence-corrected chi connectivity index (χ0v) is 23.0. The number of methoxy groups -OCH3 is 1. The summed E-state index contributed by atoms with van der Waals surface area (Å²) >= 11 is 7.40. The third-order valence-corrected chi connectivity index (χ3v) is 9.48. The smallest absolute Gasteiger partial charge is 0.241 e. The first-order valence-corrected chi connectivity index (χ1v) is 14.7. The van der Waals surface area contributed by atoms with Crippen LogP contribution in [0.25, 0.3) is 10.8 Å². The second-order valence-corrected chi connectivity index (χ2v) is 12.1. The predicted molar refractivity (Wildman–Crippen MR) is 153 cm³/mol. The highest BCUT2D eigenvalue weighted by atomic mass is 35.5. The third-order valence-electron chi connectivity index (χ3n) is 6.51. The Hall–Kier alpha value is -3.70. The van der Waals surface area contributed by atoms with Crippen LogP contribution < -0.4 is 9.46 Å². The number of thioether (sulfide) groups is 1. The second kappa shape index (κ2) is 10.5. The van der Waals surface area contributed by atoms with Crippen molar-refractivity contribution in [2.75, 3.05) is 7.11 Å². The van der Waals surface area contributed by atoms with Gasteiger partial charge in [-0.3, -0.25) is 0 Å². The van der Waals surface area contributed by atoms with Crippen LogP contribution in [0.4, 0.5) is 0 Å². The Morgan fingerprint density at radius 3 is 2.51 bits per heavy atom. The van der Waals surface area contributed by atoms with Gasteiger partial charge in [0.15, 0.2) is 0 Å². The number of hydrogen-bond donors (Lipinski definition) is 1. The molecule has 0 saturated heterocycles. The minimum Gasteiger partial charge on any atom is -0.496 e. The summed E-state index contributed by atoms with van der Waals surface area (Å²) < 4.78 is 36.9. The number of ether oxygens (including phenoxy) is 1. The van der Waals surface area contributed by atoms with Crippen LogP contribution in [-0.2, 0) is 10.0 Å². The highest BCUT2D eigenvalue weighted by Gasteiger charge is 2.38. The Kier molecular flexibility index (Phi) is 6.86. The van der Waals surface area contributed by atoms with Gasteiger partial charge in [0.25, 0.3) is 0 Å². The van der Waals surface area contributed by atoms with Gasteiger partial charge in [-0.25, -0.2) is 13.1 Å². The van der Waals surface area contributed by atoms with Crippen LogP contribution in [0.5, 0.6) is 5.75 Å². The first-order valence-electron chi connectivity index (χ1n) is 12.0. The molecule has 0 amide bonds. The molecule has 0 spiro atoms. The van der Waals surface area contributed by atoms with Crippen LogP contribution in [0.2, 0.25) is 5.02 Å². The standard InChI is InChI=1S/C28H22ClN5O3S2/c1-37-24-11-3-2-6-19(24)16-31-34-17-30-32-28(34)38-27-23-10-5-8-18-7-4-9-22(25(18)23)26(27)33-39(35,36)21-14-12-20(29)13-15-21/h2-17,26-27,33H,1H3/b31-16-. The minimum atomic E-state index is -3.86. The summed E-state index contributed by atoms with van der Waals surface area (Å²) in [5.41, 5.74) is 2.72. The van der Waals surface area contributed by atoms with Gasteiger partial charge in [0, 0.05) is 10.6 Å². The average Bonchev–Trinajstić information content (AvgIpc) is 3.51. The number of nitrogens with one attached hydrogen (secondary N) is 1. The van der Waals surface area contributed by atoms with Crippen LogP contribution in [0.1, 0.15) is 28.0 Å². The van der Waals surface area contributed by atoms with E-state index in [2.05, 4.69) is 20.0 Å². The summed E-state index contributed by atoms with van der Waals surface area (Å²) in [7, 11) is -2.25. The van der Waals surface area contributed by atoms with Crippen molar-refractivity contribution < 1.29 is 13.2 Å². The zero-order chi connectivity index (χ0) is 27.0. The lowest BCUT2D eigenvalue weighted by Crippen LogP contribution is -2.30. The Balaban J connectivity index is 1.37. The van der Waals surface area contributed by atoms with E-state index in [1.165, 1.54) is 30.2 Å². The van der Waals surface area contributed by atoms with Crippen molar-refractivity contribution in [2.45, 2.75) is 21.3 Å². The number of halogens is 1. The molecular weight excluding hydrogens is 554 g/mol. The fourth-order valence-electron chi connectivity index (χ4n) is 4.73. The van der Waals surface area contributed by atoms with E-state index in [1.54, 1.807) is 30.1 Å². The molecule has 1 N–H and O–H groups in total. The Morgan fingerprint density at radius 1 is 1.00 bits per heavy atom. The molecule has 1 aliphatic rings. The fraction of sp³-hybridized carbons (Fsp3) is 0.107. The first kappa shape index (κ1) is 25.6. The largest absolute Gasteiger partial charge is 0.496 e. The average molecular weight is 576 g/mol.